The lowest BCUT2D eigenvalue weighted by Gasteiger charge is -2.34. The number of para-hydroxylation sites is 1. The quantitative estimate of drug-likeness (QED) is 0.240. The number of benzene rings is 3. The molecule has 1 aliphatic rings. The first kappa shape index (κ1) is 32.1. The molecule has 11 heteroatoms. The highest BCUT2D eigenvalue weighted by atomic mass is 35.5. The van der Waals surface area contributed by atoms with Crippen molar-refractivity contribution in [2.24, 2.45) is 0 Å². The van der Waals surface area contributed by atoms with E-state index in [4.69, 9.17) is 34.8 Å². The van der Waals surface area contributed by atoms with Crippen molar-refractivity contribution in [3.05, 3.63) is 93.4 Å². The SMILES string of the molecule is CC[C@H](C(=O)NC1CCCCC1)N(Cc1ccc(Cl)c(Cl)c1)C(=O)CN(c1ccccc1Cl)S(=O)(=O)c1ccccc1. The minimum Gasteiger partial charge on any atom is -0.352 e. The van der Waals surface area contributed by atoms with Crippen LogP contribution in [-0.2, 0) is 26.2 Å². The van der Waals surface area contributed by atoms with E-state index in [1.54, 1.807) is 60.7 Å². The van der Waals surface area contributed by atoms with Gasteiger partial charge in [-0.15, -0.1) is 0 Å². The van der Waals surface area contributed by atoms with Crippen molar-refractivity contribution in [1.29, 1.82) is 0 Å². The van der Waals surface area contributed by atoms with Gasteiger partial charge in [-0.2, -0.15) is 0 Å². The van der Waals surface area contributed by atoms with E-state index in [1.807, 2.05) is 6.92 Å². The summed E-state index contributed by atoms with van der Waals surface area (Å²) in [5.41, 5.74) is 0.808. The second kappa shape index (κ2) is 14.6. The third kappa shape index (κ3) is 7.78. The highest BCUT2D eigenvalue weighted by Gasteiger charge is 2.35. The summed E-state index contributed by atoms with van der Waals surface area (Å²) in [7, 11) is -4.20. The van der Waals surface area contributed by atoms with Crippen molar-refractivity contribution in [3.8, 4) is 0 Å². The Hall–Kier alpha value is -2.78. The number of hydrogen-bond donors (Lipinski definition) is 1. The van der Waals surface area contributed by atoms with E-state index in [9.17, 15) is 18.0 Å². The standard InChI is InChI=1S/C31H34Cl3N3O4S/c1-2-28(31(39)35-23-11-5-3-6-12-23)36(20-22-17-18-25(32)27(34)19-22)30(38)21-37(29-16-10-9-15-26(29)33)42(40,41)24-13-7-4-8-14-24/h4,7-10,13-19,23,28H,2-3,5-6,11-12,20-21H2,1H3,(H,35,39)/t28-/m1/s1. The van der Waals surface area contributed by atoms with Gasteiger partial charge in [0.25, 0.3) is 10.0 Å². The number of rotatable bonds is 11. The van der Waals surface area contributed by atoms with Crippen molar-refractivity contribution < 1.29 is 18.0 Å². The number of carbonyl (C=O) groups excluding carboxylic acids is 2. The zero-order chi connectivity index (χ0) is 30.3. The Morgan fingerprint density at radius 1 is 0.881 bits per heavy atom. The van der Waals surface area contributed by atoms with Crippen LogP contribution < -0.4 is 9.62 Å². The molecule has 1 fully saturated rings. The molecule has 0 bridgehead atoms. The van der Waals surface area contributed by atoms with Crippen LogP contribution in [0, 0.1) is 0 Å². The number of hydrogen-bond acceptors (Lipinski definition) is 4. The van der Waals surface area contributed by atoms with E-state index in [0.29, 0.717) is 22.0 Å². The van der Waals surface area contributed by atoms with Gasteiger partial charge in [0.2, 0.25) is 11.8 Å². The molecule has 7 nitrogen and oxygen atoms in total. The zero-order valence-corrected chi connectivity index (χ0v) is 26.4. The third-order valence-electron chi connectivity index (χ3n) is 7.41. The number of carbonyl (C=O) groups is 2. The fourth-order valence-electron chi connectivity index (χ4n) is 5.19. The van der Waals surface area contributed by atoms with Crippen LogP contribution in [-0.4, -0.2) is 43.8 Å². The van der Waals surface area contributed by atoms with Crippen LogP contribution in [0.4, 0.5) is 5.69 Å². The van der Waals surface area contributed by atoms with Crippen LogP contribution in [0.2, 0.25) is 15.1 Å². The van der Waals surface area contributed by atoms with Gasteiger partial charge in [-0.1, -0.05) is 97.4 Å². The maximum absolute atomic E-state index is 14.2. The molecule has 0 radical (unpaired) electrons. The molecule has 0 aromatic heterocycles. The molecule has 1 atom stereocenters. The smallest absolute Gasteiger partial charge is 0.264 e. The average Bonchev–Trinajstić information content (AvgIpc) is 2.99. The fraction of sp³-hybridized carbons (Fsp3) is 0.355. The highest BCUT2D eigenvalue weighted by Crippen LogP contribution is 2.31. The predicted molar refractivity (Wildman–Crippen MR) is 169 cm³/mol. The van der Waals surface area contributed by atoms with Crippen molar-refractivity contribution in [1.82, 2.24) is 10.2 Å². The maximum atomic E-state index is 14.2. The summed E-state index contributed by atoms with van der Waals surface area (Å²) >= 11 is 18.9. The van der Waals surface area contributed by atoms with Crippen LogP contribution in [0.5, 0.6) is 0 Å². The summed E-state index contributed by atoms with van der Waals surface area (Å²) < 4.78 is 28.8. The summed E-state index contributed by atoms with van der Waals surface area (Å²) in [6.07, 6.45) is 5.31. The van der Waals surface area contributed by atoms with Gasteiger partial charge in [0.05, 0.1) is 25.7 Å². The summed E-state index contributed by atoms with van der Waals surface area (Å²) in [4.78, 5) is 29.3. The Morgan fingerprint density at radius 3 is 2.19 bits per heavy atom. The van der Waals surface area contributed by atoms with E-state index in [0.717, 1.165) is 36.4 Å². The largest absolute Gasteiger partial charge is 0.352 e. The predicted octanol–water partition coefficient (Wildman–Crippen LogP) is 7.10. The maximum Gasteiger partial charge on any atom is 0.264 e. The van der Waals surface area contributed by atoms with Gasteiger partial charge in [0, 0.05) is 12.6 Å². The first-order chi connectivity index (χ1) is 20.1. The molecule has 1 N–H and O–H groups in total. The summed E-state index contributed by atoms with van der Waals surface area (Å²) in [6.45, 7) is 1.27. The van der Waals surface area contributed by atoms with Gasteiger partial charge < -0.3 is 10.2 Å². The first-order valence-electron chi connectivity index (χ1n) is 14.0. The molecule has 224 valence electrons. The third-order valence-corrected chi connectivity index (χ3v) is 10.2. The molecule has 1 aliphatic carbocycles. The van der Waals surface area contributed by atoms with Gasteiger partial charge in [-0.3, -0.25) is 13.9 Å². The molecule has 0 unspecified atom stereocenters. The Labute approximate surface area is 262 Å². The van der Waals surface area contributed by atoms with Gasteiger partial charge in [-0.05, 0) is 61.2 Å². The van der Waals surface area contributed by atoms with Crippen molar-refractivity contribution in [2.75, 3.05) is 10.8 Å². The summed E-state index contributed by atoms with van der Waals surface area (Å²) in [5.74, 6) is -0.834. The minimum absolute atomic E-state index is 0.0100. The van der Waals surface area contributed by atoms with Crippen LogP contribution in [0.1, 0.15) is 51.0 Å². The number of nitrogens with one attached hydrogen (secondary N) is 1. The van der Waals surface area contributed by atoms with Crippen molar-refractivity contribution >= 4 is 62.3 Å². The molecule has 3 aromatic rings. The van der Waals surface area contributed by atoms with Crippen LogP contribution >= 0.6 is 34.8 Å². The average molecular weight is 651 g/mol. The molecule has 42 heavy (non-hydrogen) atoms. The summed E-state index contributed by atoms with van der Waals surface area (Å²) in [6, 6.07) is 18.5. The molecule has 0 aliphatic heterocycles. The fourth-order valence-corrected chi connectivity index (χ4v) is 7.25. The summed E-state index contributed by atoms with van der Waals surface area (Å²) in [5, 5.41) is 3.97. The Kier molecular flexibility index (Phi) is 11.2. The first-order valence-corrected chi connectivity index (χ1v) is 16.5. The van der Waals surface area contributed by atoms with Gasteiger partial charge in [0.1, 0.15) is 12.6 Å². The molecule has 0 heterocycles. The van der Waals surface area contributed by atoms with Crippen LogP contribution in [0.25, 0.3) is 0 Å². The number of nitrogens with zero attached hydrogens (tertiary/aromatic N) is 2. The number of amides is 2. The molecule has 3 aromatic carbocycles. The Morgan fingerprint density at radius 2 is 1.55 bits per heavy atom. The molecule has 0 saturated heterocycles. The lowest BCUT2D eigenvalue weighted by atomic mass is 9.95. The molecule has 0 spiro atoms. The Balaban J connectivity index is 1.72. The zero-order valence-electron chi connectivity index (χ0n) is 23.3. The van der Waals surface area contributed by atoms with Crippen molar-refractivity contribution in [3.63, 3.8) is 0 Å². The van der Waals surface area contributed by atoms with Gasteiger partial charge in [0.15, 0.2) is 0 Å². The lowest BCUT2D eigenvalue weighted by molar-refractivity contribution is -0.140. The Bertz CT molecular complexity index is 1500. The van der Waals surface area contributed by atoms with Crippen LogP contribution in [0.15, 0.2) is 77.7 Å². The second-order valence-electron chi connectivity index (χ2n) is 10.3. The highest BCUT2D eigenvalue weighted by molar-refractivity contribution is 7.92. The van der Waals surface area contributed by atoms with E-state index >= 15 is 0 Å². The van der Waals surface area contributed by atoms with E-state index in [-0.39, 0.29) is 34.1 Å². The molecule has 2 amide bonds. The minimum atomic E-state index is -4.20. The number of sulfonamides is 1. The van der Waals surface area contributed by atoms with Gasteiger partial charge in [-0.25, -0.2) is 8.42 Å². The molecular formula is C31H34Cl3N3O4S. The van der Waals surface area contributed by atoms with E-state index < -0.39 is 28.5 Å². The van der Waals surface area contributed by atoms with E-state index in [2.05, 4.69) is 5.32 Å². The normalized spacial score (nSPS) is 14.7. The molecule has 1 saturated carbocycles. The lowest BCUT2D eigenvalue weighted by Crippen LogP contribution is -2.54. The second-order valence-corrected chi connectivity index (χ2v) is 13.4. The number of halogens is 3. The number of anilines is 1. The topological polar surface area (TPSA) is 86.8 Å². The van der Waals surface area contributed by atoms with E-state index in [1.165, 1.54) is 17.0 Å². The molecule has 4 rings (SSSR count). The van der Waals surface area contributed by atoms with Gasteiger partial charge >= 0.3 is 0 Å². The van der Waals surface area contributed by atoms with Crippen molar-refractivity contribution in [2.45, 2.75) is 69.0 Å². The monoisotopic (exact) mass is 649 g/mol. The van der Waals surface area contributed by atoms with Crippen LogP contribution in [0.3, 0.4) is 0 Å². The molecular weight excluding hydrogens is 617 g/mol.